The van der Waals surface area contributed by atoms with Crippen molar-refractivity contribution >= 4 is 5.97 Å². The Morgan fingerprint density at radius 3 is 2.73 bits per heavy atom. The molecule has 0 saturated heterocycles. The molecule has 3 nitrogen and oxygen atoms in total. The second-order valence-corrected chi connectivity index (χ2v) is 3.88. The van der Waals surface area contributed by atoms with Crippen molar-refractivity contribution in [2.45, 2.75) is 18.4 Å². The predicted molar refractivity (Wildman–Crippen MR) is 55.3 cm³/mol. The first-order valence-corrected chi connectivity index (χ1v) is 5.05. The number of hydrogen-bond donors (Lipinski definition) is 1. The lowest BCUT2D eigenvalue weighted by atomic mass is 10.1. The normalized spacial score (nSPS) is 25.7. The van der Waals surface area contributed by atoms with Crippen molar-refractivity contribution in [1.29, 1.82) is 0 Å². The third-order valence-electron chi connectivity index (χ3n) is 2.92. The molecule has 2 rings (SSSR count). The number of rotatable bonds is 3. The van der Waals surface area contributed by atoms with Crippen molar-refractivity contribution in [2.24, 2.45) is 5.92 Å². The van der Waals surface area contributed by atoms with Crippen LogP contribution in [-0.4, -0.2) is 24.3 Å². The Kier molecular flexibility index (Phi) is 2.73. The second kappa shape index (κ2) is 4.03. The van der Waals surface area contributed by atoms with E-state index >= 15 is 0 Å². The molecule has 0 radical (unpaired) electrons. The van der Waals surface area contributed by atoms with Gasteiger partial charge in [0.2, 0.25) is 0 Å². The highest BCUT2D eigenvalue weighted by atomic mass is 16.5. The zero-order valence-electron chi connectivity index (χ0n) is 8.59. The molecule has 0 aliphatic heterocycles. The van der Waals surface area contributed by atoms with Crippen molar-refractivity contribution in [3.63, 3.8) is 0 Å². The van der Waals surface area contributed by atoms with Crippen molar-refractivity contribution in [2.75, 3.05) is 7.11 Å². The van der Waals surface area contributed by atoms with Gasteiger partial charge in [-0.15, -0.1) is 0 Å². The summed E-state index contributed by atoms with van der Waals surface area (Å²) in [5.41, 5.74) is 1.19. The van der Waals surface area contributed by atoms with Crippen LogP contribution in [0.5, 0.6) is 0 Å². The number of esters is 1. The first-order valence-electron chi connectivity index (χ1n) is 5.05. The molecule has 1 aliphatic rings. The van der Waals surface area contributed by atoms with Gasteiger partial charge in [0.05, 0.1) is 7.11 Å². The van der Waals surface area contributed by atoms with Crippen LogP contribution in [0.15, 0.2) is 30.3 Å². The molecule has 0 aromatic heterocycles. The van der Waals surface area contributed by atoms with Crippen LogP contribution in [0.4, 0.5) is 0 Å². The summed E-state index contributed by atoms with van der Waals surface area (Å²) in [6, 6.07) is 9.94. The van der Waals surface area contributed by atoms with Crippen molar-refractivity contribution in [3.05, 3.63) is 35.9 Å². The minimum atomic E-state index is -0.972. The summed E-state index contributed by atoms with van der Waals surface area (Å²) in [4.78, 5) is 11.1. The van der Waals surface area contributed by atoms with E-state index in [4.69, 9.17) is 0 Å². The molecule has 3 unspecified atom stereocenters. The van der Waals surface area contributed by atoms with Crippen LogP contribution in [0.2, 0.25) is 0 Å². The van der Waals surface area contributed by atoms with Gasteiger partial charge in [-0.25, -0.2) is 4.79 Å². The highest BCUT2D eigenvalue weighted by molar-refractivity contribution is 5.75. The molecule has 15 heavy (non-hydrogen) atoms. The smallest absolute Gasteiger partial charge is 0.334 e. The SMILES string of the molecule is COC(=O)C(O)C1CC1c1ccccc1. The lowest BCUT2D eigenvalue weighted by molar-refractivity contribution is -0.151. The van der Waals surface area contributed by atoms with Crippen molar-refractivity contribution in [3.8, 4) is 0 Å². The van der Waals surface area contributed by atoms with Gasteiger partial charge in [-0.1, -0.05) is 30.3 Å². The van der Waals surface area contributed by atoms with E-state index in [-0.39, 0.29) is 5.92 Å². The minimum Gasteiger partial charge on any atom is -0.467 e. The van der Waals surface area contributed by atoms with Crippen molar-refractivity contribution < 1.29 is 14.6 Å². The van der Waals surface area contributed by atoms with E-state index in [1.165, 1.54) is 12.7 Å². The molecule has 1 aromatic rings. The third-order valence-corrected chi connectivity index (χ3v) is 2.92. The lowest BCUT2D eigenvalue weighted by Crippen LogP contribution is -2.24. The number of carbonyl (C=O) groups excluding carboxylic acids is 1. The van der Waals surface area contributed by atoms with E-state index in [0.29, 0.717) is 5.92 Å². The van der Waals surface area contributed by atoms with E-state index in [1.807, 2.05) is 30.3 Å². The highest BCUT2D eigenvalue weighted by Gasteiger charge is 2.46. The number of benzene rings is 1. The topological polar surface area (TPSA) is 46.5 Å². The molecule has 1 fully saturated rings. The Morgan fingerprint density at radius 2 is 2.13 bits per heavy atom. The Balaban J connectivity index is 1.99. The fourth-order valence-electron chi connectivity index (χ4n) is 1.94. The van der Waals surface area contributed by atoms with Crippen LogP contribution >= 0.6 is 0 Å². The van der Waals surface area contributed by atoms with Crippen LogP contribution in [0.1, 0.15) is 17.9 Å². The van der Waals surface area contributed by atoms with Crippen LogP contribution in [-0.2, 0) is 9.53 Å². The van der Waals surface area contributed by atoms with Gasteiger partial charge in [0, 0.05) is 5.92 Å². The van der Waals surface area contributed by atoms with E-state index in [9.17, 15) is 9.90 Å². The summed E-state index contributed by atoms with van der Waals surface area (Å²) in [5.74, 6) is -0.196. The number of carbonyl (C=O) groups is 1. The van der Waals surface area contributed by atoms with Gasteiger partial charge in [0.15, 0.2) is 6.10 Å². The number of methoxy groups -OCH3 is 1. The molecular weight excluding hydrogens is 192 g/mol. The first-order chi connectivity index (χ1) is 7.24. The standard InChI is InChI=1S/C12H14O3/c1-15-12(14)11(13)10-7-9(10)8-5-3-2-4-6-8/h2-6,9-11,13H,7H2,1H3. The average Bonchev–Trinajstić information content (AvgIpc) is 3.08. The number of aliphatic hydroxyl groups excluding tert-OH is 1. The molecule has 1 aliphatic carbocycles. The van der Waals surface area contributed by atoms with E-state index in [0.717, 1.165) is 6.42 Å². The molecular formula is C12H14O3. The number of aliphatic hydroxyl groups is 1. The zero-order valence-corrected chi connectivity index (χ0v) is 8.59. The van der Waals surface area contributed by atoms with E-state index in [2.05, 4.69) is 4.74 Å². The van der Waals surface area contributed by atoms with Crippen LogP contribution < -0.4 is 0 Å². The number of hydrogen-bond acceptors (Lipinski definition) is 3. The van der Waals surface area contributed by atoms with Gasteiger partial charge in [-0.2, -0.15) is 0 Å². The first kappa shape index (κ1) is 10.2. The lowest BCUT2D eigenvalue weighted by Gasteiger charge is -2.07. The summed E-state index contributed by atoms with van der Waals surface area (Å²) >= 11 is 0. The highest BCUT2D eigenvalue weighted by Crippen LogP contribution is 2.49. The minimum absolute atomic E-state index is 0.0276. The maximum Gasteiger partial charge on any atom is 0.334 e. The molecule has 3 heteroatoms. The fraction of sp³-hybridized carbons (Fsp3) is 0.417. The Labute approximate surface area is 88.7 Å². The van der Waals surface area contributed by atoms with Gasteiger partial charge in [-0.05, 0) is 17.9 Å². The molecule has 3 atom stereocenters. The van der Waals surface area contributed by atoms with Crippen LogP contribution in [0.25, 0.3) is 0 Å². The van der Waals surface area contributed by atoms with Gasteiger partial charge in [0.1, 0.15) is 0 Å². The van der Waals surface area contributed by atoms with E-state index < -0.39 is 12.1 Å². The molecule has 0 heterocycles. The summed E-state index contributed by atoms with van der Waals surface area (Å²) in [7, 11) is 1.30. The fourth-order valence-corrected chi connectivity index (χ4v) is 1.94. The van der Waals surface area contributed by atoms with Gasteiger partial charge in [-0.3, -0.25) is 0 Å². The summed E-state index contributed by atoms with van der Waals surface area (Å²) in [5, 5.41) is 9.61. The second-order valence-electron chi connectivity index (χ2n) is 3.88. The summed E-state index contributed by atoms with van der Waals surface area (Å²) in [6.45, 7) is 0. The van der Waals surface area contributed by atoms with Gasteiger partial charge >= 0.3 is 5.97 Å². The third kappa shape index (κ3) is 2.02. The van der Waals surface area contributed by atoms with Crippen LogP contribution in [0.3, 0.4) is 0 Å². The predicted octanol–water partition coefficient (Wildman–Crippen LogP) is 1.32. The average molecular weight is 206 g/mol. The number of ether oxygens (including phenoxy) is 1. The maximum absolute atomic E-state index is 11.1. The summed E-state index contributed by atoms with van der Waals surface area (Å²) < 4.78 is 4.51. The van der Waals surface area contributed by atoms with Crippen LogP contribution in [0, 0.1) is 5.92 Å². The van der Waals surface area contributed by atoms with Gasteiger partial charge < -0.3 is 9.84 Å². The maximum atomic E-state index is 11.1. The molecule has 1 saturated carbocycles. The monoisotopic (exact) mass is 206 g/mol. The molecule has 1 N–H and O–H groups in total. The summed E-state index contributed by atoms with van der Waals surface area (Å²) in [6.07, 6.45) is -0.111. The molecule has 0 spiro atoms. The zero-order chi connectivity index (χ0) is 10.8. The Bertz CT molecular complexity index is 347. The van der Waals surface area contributed by atoms with Gasteiger partial charge in [0.25, 0.3) is 0 Å². The Hall–Kier alpha value is -1.35. The van der Waals surface area contributed by atoms with E-state index in [1.54, 1.807) is 0 Å². The molecule has 80 valence electrons. The Morgan fingerprint density at radius 1 is 1.47 bits per heavy atom. The molecule has 0 bridgehead atoms. The quantitative estimate of drug-likeness (QED) is 0.759. The molecule has 0 amide bonds. The largest absolute Gasteiger partial charge is 0.467 e. The van der Waals surface area contributed by atoms with Crippen molar-refractivity contribution in [1.82, 2.24) is 0 Å². The molecule has 1 aromatic carbocycles.